The Morgan fingerprint density at radius 2 is 2.00 bits per heavy atom. The number of carbonyl (C=O) groups is 1. The number of rotatable bonds is 6. The zero-order chi connectivity index (χ0) is 18.6. The van der Waals surface area contributed by atoms with E-state index >= 15 is 0 Å². The fourth-order valence-corrected chi connectivity index (χ4v) is 2.89. The molecule has 0 fully saturated rings. The predicted octanol–water partition coefficient (Wildman–Crippen LogP) is 2.40. The topological polar surface area (TPSA) is 97.0 Å². The average molecular weight is 360 g/mol. The van der Waals surface area contributed by atoms with Crippen molar-refractivity contribution in [1.82, 2.24) is 15.0 Å². The molecule has 1 aromatic carbocycles. The van der Waals surface area contributed by atoms with Gasteiger partial charge < -0.3 is 16.0 Å². The number of anilines is 3. The molecule has 2 aromatic rings. The molecule has 134 valence electrons. The van der Waals surface area contributed by atoms with Crippen LogP contribution >= 0.6 is 11.8 Å². The predicted molar refractivity (Wildman–Crippen MR) is 104 cm³/mol. The van der Waals surface area contributed by atoms with E-state index in [2.05, 4.69) is 20.3 Å². The zero-order valence-electron chi connectivity index (χ0n) is 15.2. The van der Waals surface area contributed by atoms with Gasteiger partial charge in [-0.25, -0.2) is 0 Å². The maximum Gasteiger partial charge on any atom is 0.237 e. The second-order valence-electron chi connectivity index (χ2n) is 6.07. The molecule has 0 aliphatic heterocycles. The van der Waals surface area contributed by atoms with Crippen molar-refractivity contribution >= 4 is 35.3 Å². The summed E-state index contributed by atoms with van der Waals surface area (Å²) in [6.07, 6.45) is 0. The number of nitrogens with zero attached hydrogens (tertiary/aromatic N) is 4. The van der Waals surface area contributed by atoms with Crippen LogP contribution in [0.25, 0.3) is 0 Å². The van der Waals surface area contributed by atoms with Gasteiger partial charge >= 0.3 is 0 Å². The second-order valence-corrected chi connectivity index (χ2v) is 7.39. The van der Waals surface area contributed by atoms with Crippen LogP contribution in [0.4, 0.5) is 17.6 Å². The van der Waals surface area contributed by atoms with Crippen LogP contribution in [0.1, 0.15) is 23.9 Å². The third kappa shape index (κ3) is 5.32. The van der Waals surface area contributed by atoms with E-state index in [1.165, 1.54) is 17.3 Å². The molecule has 8 heteroatoms. The number of nitrogens with one attached hydrogen (secondary N) is 1. The molecule has 0 radical (unpaired) electrons. The maximum absolute atomic E-state index is 12.4. The molecule has 0 spiro atoms. The normalized spacial score (nSPS) is 11.9. The van der Waals surface area contributed by atoms with Crippen molar-refractivity contribution in [2.75, 3.05) is 30.0 Å². The van der Waals surface area contributed by atoms with Crippen LogP contribution < -0.4 is 16.0 Å². The number of thioether (sulfide) groups is 1. The second kappa shape index (κ2) is 8.15. The summed E-state index contributed by atoms with van der Waals surface area (Å²) in [5, 5.41) is 2.72. The summed E-state index contributed by atoms with van der Waals surface area (Å²) < 4.78 is 0. The number of nitrogens with two attached hydrogens (primary N) is 1. The van der Waals surface area contributed by atoms with E-state index in [9.17, 15) is 4.79 Å². The molecular formula is C17H24N6OS. The molecule has 7 nitrogen and oxygen atoms in total. The highest BCUT2D eigenvalue weighted by Crippen LogP contribution is 2.21. The lowest BCUT2D eigenvalue weighted by Gasteiger charge is -2.14. The van der Waals surface area contributed by atoms with E-state index in [1.807, 2.05) is 53.1 Å². The minimum absolute atomic E-state index is 0.0492. The smallest absolute Gasteiger partial charge is 0.237 e. The van der Waals surface area contributed by atoms with Gasteiger partial charge in [-0.3, -0.25) is 4.79 Å². The minimum Gasteiger partial charge on any atom is -0.368 e. The van der Waals surface area contributed by atoms with E-state index in [4.69, 9.17) is 5.73 Å². The lowest BCUT2D eigenvalue weighted by Crippen LogP contribution is -2.23. The van der Waals surface area contributed by atoms with Gasteiger partial charge in [0.1, 0.15) is 5.82 Å². The maximum atomic E-state index is 12.4. The van der Waals surface area contributed by atoms with E-state index in [1.54, 1.807) is 4.90 Å². The average Bonchev–Trinajstić information content (AvgIpc) is 2.54. The van der Waals surface area contributed by atoms with Crippen molar-refractivity contribution in [2.45, 2.75) is 31.8 Å². The van der Waals surface area contributed by atoms with Gasteiger partial charge in [0.2, 0.25) is 17.8 Å². The first-order valence-corrected chi connectivity index (χ1v) is 8.98. The number of hydrogen-bond acceptors (Lipinski definition) is 7. The quantitative estimate of drug-likeness (QED) is 0.816. The van der Waals surface area contributed by atoms with Gasteiger partial charge in [-0.1, -0.05) is 17.7 Å². The molecule has 25 heavy (non-hydrogen) atoms. The van der Waals surface area contributed by atoms with E-state index in [0.717, 1.165) is 11.3 Å². The van der Waals surface area contributed by atoms with Gasteiger partial charge in [0.05, 0.1) is 11.0 Å². The Kier molecular flexibility index (Phi) is 6.19. The lowest BCUT2D eigenvalue weighted by atomic mass is 10.1. The van der Waals surface area contributed by atoms with E-state index in [0.29, 0.717) is 17.5 Å². The van der Waals surface area contributed by atoms with E-state index < -0.39 is 0 Å². The molecule has 0 saturated carbocycles. The van der Waals surface area contributed by atoms with Crippen LogP contribution in [-0.4, -0.2) is 40.2 Å². The van der Waals surface area contributed by atoms with Crippen LogP contribution in [-0.2, 0) is 10.5 Å². The highest BCUT2D eigenvalue weighted by atomic mass is 32.2. The molecule has 0 aliphatic carbocycles. The number of amides is 1. The number of aryl methyl sites for hydroxylation is 2. The summed E-state index contributed by atoms with van der Waals surface area (Å²) in [7, 11) is 3.68. The molecule has 1 aromatic heterocycles. The Bertz CT molecular complexity index is 765. The van der Waals surface area contributed by atoms with Gasteiger partial charge in [0.25, 0.3) is 0 Å². The van der Waals surface area contributed by atoms with Gasteiger partial charge in [-0.2, -0.15) is 15.0 Å². The summed E-state index contributed by atoms with van der Waals surface area (Å²) in [6, 6.07) is 5.95. The van der Waals surface area contributed by atoms with Crippen molar-refractivity contribution in [2.24, 2.45) is 0 Å². The molecule has 3 N–H and O–H groups in total. The van der Waals surface area contributed by atoms with Gasteiger partial charge in [0.15, 0.2) is 0 Å². The zero-order valence-corrected chi connectivity index (χ0v) is 16.0. The first-order valence-electron chi connectivity index (χ1n) is 7.93. The Morgan fingerprint density at radius 1 is 1.28 bits per heavy atom. The summed E-state index contributed by atoms with van der Waals surface area (Å²) in [5.74, 6) is 1.69. The van der Waals surface area contributed by atoms with Crippen molar-refractivity contribution < 1.29 is 4.79 Å². The number of nitrogen functional groups attached to an aromatic ring is 1. The van der Waals surface area contributed by atoms with Crippen molar-refractivity contribution in [3.8, 4) is 0 Å². The van der Waals surface area contributed by atoms with Gasteiger partial charge in [0, 0.05) is 19.8 Å². The molecule has 1 amide bonds. The van der Waals surface area contributed by atoms with Crippen LogP contribution in [0.5, 0.6) is 0 Å². The van der Waals surface area contributed by atoms with Crippen LogP contribution in [0.3, 0.4) is 0 Å². The van der Waals surface area contributed by atoms with Crippen LogP contribution in [0, 0.1) is 13.8 Å². The van der Waals surface area contributed by atoms with Crippen molar-refractivity contribution in [1.29, 1.82) is 0 Å². The first-order chi connectivity index (χ1) is 11.8. The minimum atomic E-state index is -0.249. The molecule has 2 rings (SSSR count). The Balaban J connectivity index is 1.97. The SMILES string of the molecule is Cc1ccc(NC(=O)[C@H](C)SCc2nc(N)nc(N(C)C)n2)c(C)c1. The molecule has 0 bridgehead atoms. The monoisotopic (exact) mass is 360 g/mol. The molecule has 0 aliphatic rings. The number of benzene rings is 1. The molecule has 1 heterocycles. The van der Waals surface area contributed by atoms with Crippen LogP contribution in [0.15, 0.2) is 18.2 Å². The van der Waals surface area contributed by atoms with Gasteiger partial charge in [-0.15, -0.1) is 11.8 Å². The molecule has 0 saturated heterocycles. The fourth-order valence-electron chi connectivity index (χ4n) is 2.15. The Labute approximate surface area is 152 Å². The third-order valence-corrected chi connectivity index (χ3v) is 4.70. The highest BCUT2D eigenvalue weighted by Gasteiger charge is 2.16. The molecule has 1 atom stereocenters. The number of aromatic nitrogens is 3. The number of hydrogen-bond donors (Lipinski definition) is 2. The summed E-state index contributed by atoms with van der Waals surface area (Å²) in [6.45, 7) is 5.87. The Morgan fingerprint density at radius 3 is 2.64 bits per heavy atom. The largest absolute Gasteiger partial charge is 0.368 e. The van der Waals surface area contributed by atoms with Gasteiger partial charge in [-0.05, 0) is 32.4 Å². The third-order valence-electron chi connectivity index (χ3n) is 3.56. The van der Waals surface area contributed by atoms with Crippen molar-refractivity contribution in [3.05, 3.63) is 35.2 Å². The summed E-state index contributed by atoms with van der Waals surface area (Å²) >= 11 is 1.46. The molecule has 0 unspecified atom stereocenters. The number of carbonyl (C=O) groups excluding carboxylic acids is 1. The summed E-state index contributed by atoms with van der Waals surface area (Å²) in [4.78, 5) is 26.7. The van der Waals surface area contributed by atoms with Crippen molar-refractivity contribution in [3.63, 3.8) is 0 Å². The highest BCUT2D eigenvalue weighted by molar-refractivity contribution is 7.99. The molecular weight excluding hydrogens is 336 g/mol. The Hall–Kier alpha value is -2.35. The summed E-state index contributed by atoms with van der Waals surface area (Å²) in [5.41, 5.74) is 8.77. The first kappa shape index (κ1) is 19.0. The van der Waals surface area contributed by atoms with Crippen LogP contribution in [0.2, 0.25) is 0 Å². The van der Waals surface area contributed by atoms with E-state index in [-0.39, 0.29) is 17.1 Å². The lowest BCUT2D eigenvalue weighted by molar-refractivity contribution is -0.115. The standard InChI is InChI=1S/C17H24N6OS/c1-10-6-7-13(11(2)8-10)19-15(24)12(3)25-9-14-20-16(18)22-17(21-14)23(4)5/h6-8,12H,9H2,1-5H3,(H,19,24)(H2,18,20,21,22)/t12-/m0/s1. The fraction of sp³-hybridized carbons (Fsp3) is 0.412.